The number of hydrogen-bond donors (Lipinski definition) is 1. The summed E-state index contributed by atoms with van der Waals surface area (Å²) in [6, 6.07) is 9.15. The van der Waals surface area contributed by atoms with E-state index in [0.29, 0.717) is 12.0 Å². The minimum Gasteiger partial charge on any atom is -0.382 e. The molecule has 1 nitrogen and oxygen atoms in total. The van der Waals surface area contributed by atoms with Gasteiger partial charge in [-0.25, -0.2) is 0 Å². The van der Waals surface area contributed by atoms with Crippen molar-refractivity contribution >= 4 is 5.69 Å². The number of anilines is 1. The summed E-state index contributed by atoms with van der Waals surface area (Å²) in [7, 11) is 0. The van der Waals surface area contributed by atoms with Crippen LogP contribution in [0.15, 0.2) is 24.3 Å². The molecule has 0 aliphatic carbocycles. The monoisotopic (exact) mass is 191 g/mol. The molecule has 0 fully saturated rings. The van der Waals surface area contributed by atoms with Gasteiger partial charge in [0.05, 0.1) is 0 Å². The lowest BCUT2D eigenvalue weighted by atomic mass is 10.0. The molecule has 1 rings (SSSR count). The van der Waals surface area contributed by atoms with E-state index in [-0.39, 0.29) is 0 Å². The third kappa shape index (κ3) is 3.06. The van der Waals surface area contributed by atoms with E-state index in [4.69, 9.17) is 0 Å². The van der Waals surface area contributed by atoms with Gasteiger partial charge in [-0.3, -0.25) is 0 Å². The molecule has 1 aromatic rings. The lowest BCUT2D eigenvalue weighted by Gasteiger charge is -2.22. The largest absolute Gasteiger partial charge is 0.382 e. The van der Waals surface area contributed by atoms with Gasteiger partial charge in [-0.2, -0.15) is 0 Å². The van der Waals surface area contributed by atoms with Gasteiger partial charge in [-0.1, -0.05) is 32.9 Å². The molecule has 78 valence electrons. The number of nitrogens with one attached hydrogen (secondary N) is 1. The molecule has 0 saturated heterocycles. The summed E-state index contributed by atoms with van der Waals surface area (Å²) in [6.45, 7) is 8.88. The fraction of sp³-hybridized carbons (Fsp3) is 0.538. The van der Waals surface area contributed by atoms with Crippen molar-refractivity contribution in [1.29, 1.82) is 0 Å². The third-order valence-electron chi connectivity index (χ3n) is 2.61. The van der Waals surface area contributed by atoms with Gasteiger partial charge < -0.3 is 5.32 Å². The highest BCUT2D eigenvalue weighted by Gasteiger charge is 2.09. The van der Waals surface area contributed by atoms with Crippen LogP contribution in [0.2, 0.25) is 0 Å². The number of aryl methyl sites for hydroxylation is 1. The predicted octanol–water partition coefficient (Wildman–Crippen LogP) is 3.84. The molecule has 1 atom stereocenters. The molecule has 0 heterocycles. The summed E-state index contributed by atoms with van der Waals surface area (Å²) in [5.74, 6) is 0.681. The molecule has 0 aliphatic heterocycles. The average Bonchev–Trinajstić information content (AvgIpc) is 2.14. The molecule has 0 aliphatic rings. The van der Waals surface area contributed by atoms with E-state index < -0.39 is 0 Å². The topological polar surface area (TPSA) is 12.0 Å². The Balaban J connectivity index is 2.67. The molecule has 0 aromatic heterocycles. The van der Waals surface area contributed by atoms with Gasteiger partial charge >= 0.3 is 0 Å². The molecule has 1 N–H and O–H groups in total. The Morgan fingerprint density at radius 2 is 2.00 bits per heavy atom. The van der Waals surface area contributed by atoms with Gasteiger partial charge in [0.15, 0.2) is 0 Å². The molecular formula is C13H21N. The Labute approximate surface area is 87.5 Å². The molecule has 0 saturated carbocycles. The molecule has 14 heavy (non-hydrogen) atoms. The molecule has 1 heteroatoms. The molecular weight excluding hydrogens is 170 g/mol. The second kappa shape index (κ2) is 5.04. The standard InChI is InChI=1S/C13H21N/c1-5-13(10(2)3)14-12-8-6-7-11(4)9-12/h6-10,13-14H,5H2,1-4H3/t13-/m1/s1. The summed E-state index contributed by atoms with van der Waals surface area (Å²) in [5, 5.41) is 3.57. The summed E-state index contributed by atoms with van der Waals surface area (Å²) < 4.78 is 0. The zero-order chi connectivity index (χ0) is 10.6. The van der Waals surface area contributed by atoms with Crippen molar-refractivity contribution in [3.05, 3.63) is 29.8 Å². The average molecular weight is 191 g/mol. The molecule has 0 radical (unpaired) electrons. The zero-order valence-corrected chi connectivity index (χ0v) is 9.67. The molecule has 0 spiro atoms. The van der Waals surface area contributed by atoms with Crippen LogP contribution in [0.25, 0.3) is 0 Å². The number of hydrogen-bond acceptors (Lipinski definition) is 1. The van der Waals surface area contributed by atoms with E-state index in [9.17, 15) is 0 Å². The second-order valence-electron chi connectivity index (χ2n) is 4.27. The van der Waals surface area contributed by atoms with Gasteiger partial charge in [-0.15, -0.1) is 0 Å². The van der Waals surface area contributed by atoms with Crippen molar-refractivity contribution in [1.82, 2.24) is 0 Å². The summed E-state index contributed by atoms with van der Waals surface area (Å²) in [4.78, 5) is 0. The maximum atomic E-state index is 3.57. The quantitative estimate of drug-likeness (QED) is 0.762. The van der Waals surface area contributed by atoms with Gasteiger partial charge in [-0.05, 0) is 37.0 Å². The summed E-state index contributed by atoms with van der Waals surface area (Å²) in [6.07, 6.45) is 1.17. The number of rotatable bonds is 4. The van der Waals surface area contributed by atoms with Crippen LogP contribution in [0.5, 0.6) is 0 Å². The van der Waals surface area contributed by atoms with E-state index in [0.717, 1.165) is 0 Å². The molecule has 1 aromatic carbocycles. The minimum absolute atomic E-state index is 0.580. The zero-order valence-electron chi connectivity index (χ0n) is 9.67. The van der Waals surface area contributed by atoms with Crippen LogP contribution in [-0.4, -0.2) is 6.04 Å². The smallest absolute Gasteiger partial charge is 0.0345 e. The van der Waals surface area contributed by atoms with E-state index in [1.807, 2.05) is 0 Å². The van der Waals surface area contributed by atoms with E-state index >= 15 is 0 Å². The van der Waals surface area contributed by atoms with Crippen molar-refractivity contribution in [2.24, 2.45) is 5.92 Å². The van der Waals surface area contributed by atoms with Crippen LogP contribution in [0.3, 0.4) is 0 Å². The SMILES string of the molecule is CC[C@@H](Nc1cccc(C)c1)C(C)C. The Morgan fingerprint density at radius 1 is 1.29 bits per heavy atom. The Morgan fingerprint density at radius 3 is 2.50 bits per heavy atom. The number of benzene rings is 1. The highest BCUT2D eigenvalue weighted by Crippen LogP contribution is 2.15. The van der Waals surface area contributed by atoms with Crippen LogP contribution >= 0.6 is 0 Å². The molecule has 0 amide bonds. The molecule has 0 bridgehead atoms. The minimum atomic E-state index is 0.580. The lowest BCUT2D eigenvalue weighted by Crippen LogP contribution is -2.24. The third-order valence-corrected chi connectivity index (χ3v) is 2.61. The Bertz CT molecular complexity index is 278. The lowest BCUT2D eigenvalue weighted by molar-refractivity contribution is 0.511. The first-order valence-electron chi connectivity index (χ1n) is 5.46. The van der Waals surface area contributed by atoms with E-state index in [1.165, 1.54) is 17.7 Å². The summed E-state index contributed by atoms with van der Waals surface area (Å²) >= 11 is 0. The summed E-state index contributed by atoms with van der Waals surface area (Å²) in [5.41, 5.74) is 2.55. The highest BCUT2D eigenvalue weighted by molar-refractivity contribution is 5.46. The first kappa shape index (κ1) is 11.1. The van der Waals surface area contributed by atoms with Gasteiger partial charge in [0.25, 0.3) is 0 Å². The highest BCUT2D eigenvalue weighted by atomic mass is 14.9. The Kier molecular flexibility index (Phi) is 3.99. The maximum absolute atomic E-state index is 3.57. The van der Waals surface area contributed by atoms with Crippen LogP contribution in [0.1, 0.15) is 32.8 Å². The van der Waals surface area contributed by atoms with Gasteiger partial charge in [0, 0.05) is 11.7 Å². The van der Waals surface area contributed by atoms with Crippen molar-refractivity contribution < 1.29 is 0 Å². The molecule has 0 unspecified atom stereocenters. The van der Waals surface area contributed by atoms with E-state index in [2.05, 4.69) is 57.3 Å². The van der Waals surface area contributed by atoms with Crippen molar-refractivity contribution in [3.8, 4) is 0 Å². The normalized spacial score (nSPS) is 12.9. The van der Waals surface area contributed by atoms with Crippen molar-refractivity contribution in [2.75, 3.05) is 5.32 Å². The van der Waals surface area contributed by atoms with Crippen LogP contribution in [0.4, 0.5) is 5.69 Å². The Hall–Kier alpha value is -0.980. The van der Waals surface area contributed by atoms with E-state index in [1.54, 1.807) is 0 Å². The van der Waals surface area contributed by atoms with Crippen LogP contribution in [0, 0.1) is 12.8 Å². The van der Waals surface area contributed by atoms with Crippen LogP contribution in [-0.2, 0) is 0 Å². The maximum Gasteiger partial charge on any atom is 0.0345 e. The fourth-order valence-electron chi connectivity index (χ4n) is 1.69. The predicted molar refractivity (Wildman–Crippen MR) is 63.7 cm³/mol. The first-order valence-corrected chi connectivity index (χ1v) is 5.46. The van der Waals surface area contributed by atoms with Crippen molar-refractivity contribution in [2.45, 2.75) is 40.2 Å². The van der Waals surface area contributed by atoms with Gasteiger partial charge in [0.1, 0.15) is 0 Å². The second-order valence-corrected chi connectivity index (χ2v) is 4.27. The van der Waals surface area contributed by atoms with Crippen LogP contribution < -0.4 is 5.32 Å². The van der Waals surface area contributed by atoms with Crippen molar-refractivity contribution in [3.63, 3.8) is 0 Å². The first-order chi connectivity index (χ1) is 6.63. The van der Waals surface area contributed by atoms with Gasteiger partial charge in [0.2, 0.25) is 0 Å². The fourth-order valence-corrected chi connectivity index (χ4v) is 1.69.